The van der Waals surface area contributed by atoms with Gasteiger partial charge in [-0.05, 0) is 135 Å². The van der Waals surface area contributed by atoms with Gasteiger partial charge in [-0.1, -0.05) is 164 Å². The van der Waals surface area contributed by atoms with Gasteiger partial charge in [-0.15, -0.1) is 0 Å². The maximum atomic E-state index is 9.50. The molecule has 1 aromatic heterocycles. The lowest BCUT2D eigenvalue weighted by atomic mass is 9.99. The molecule has 306 valence electrons. The zero-order valence-electron chi connectivity index (χ0n) is 39.4. The van der Waals surface area contributed by atoms with Gasteiger partial charge in [-0.3, -0.25) is 0 Å². The maximum absolute atomic E-state index is 9.50. The summed E-state index contributed by atoms with van der Waals surface area (Å²) in [6.07, 6.45) is 0. The largest absolute Gasteiger partial charge is 0.310 e. The zero-order chi connectivity index (χ0) is 46.6. The number of para-hydroxylation sites is 4. The van der Waals surface area contributed by atoms with E-state index in [9.17, 15) is 5.48 Å². The molecule has 0 saturated heterocycles. The number of anilines is 6. The van der Waals surface area contributed by atoms with Gasteiger partial charge in [0.05, 0.1) is 22.2 Å². The zero-order valence-corrected chi connectivity index (χ0v) is 35.4. The van der Waals surface area contributed by atoms with E-state index in [-0.39, 0.29) is 35.4 Å². The van der Waals surface area contributed by atoms with Crippen molar-refractivity contribution in [3.8, 4) is 27.9 Å². The van der Waals surface area contributed by atoms with Crippen LogP contribution in [0, 0.1) is 0 Å². The molecule has 0 spiro atoms. The third kappa shape index (κ3) is 6.97. The molecule has 0 amide bonds. The Kier molecular flexibility index (Phi) is 8.47. The van der Waals surface area contributed by atoms with E-state index in [4.69, 9.17) is 0 Å². The van der Waals surface area contributed by atoms with Crippen LogP contribution in [0.25, 0.3) is 71.3 Å². The molecule has 0 saturated carbocycles. The van der Waals surface area contributed by atoms with Gasteiger partial charge >= 0.3 is 0 Å². The number of fused-ring (bicyclic) bond motifs is 5. The highest BCUT2D eigenvalue weighted by atomic mass is 15.1. The summed E-state index contributed by atoms with van der Waals surface area (Å²) in [5.74, 6) is 0. The standard InChI is InChI=1S/C62H43N3/c1-4-17-46(18-5-1)57-24-12-14-26-60(57)64(56-38-39-62-59(43-56)58-25-13-15-27-61(58)65(62)52-22-8-3-9-23-52)55-37-33-49-40-48(28-29-50(49)42-55)45-30-34-53(35-31-45)63(51-20-6-2-7-21-51)54-36-32-44-16-10-11-19-47(44)41-54/h1-43H/i30D,31D,34D,35D. The third-order valence-corrected chi connectivity index (χ3v) is 12.4. The molecule has 0 fully saturated rings. The molecule has 3 nitrogen and oxygen atoms in total. The molecule has 12 aromatic rings. The molecule has 1 heterocycles. The van der Waals surface area contributed by atoms with Crippen LogP contribution in [0.4, 0.5) is 34.1 Å². The highest BCUT2D eigenvalue weighted by Crippen LogP contribution is 2.44. The minimum absolute atomic E-state index is 0.101. The van der Waals surface area contributed by atoms with Gasteiger partial charge in [-0.25, -0.2) is 0 Å². The number of rotatable bonds is 9. The molecule has 0 bridgehead atoms. The first kappa shape index (κ1) is 33.9. The van der Waals surface area contributed by atoms with Crippen LogP contribution in [0.2, 0.25) is 0 Å². The highest BCUT2D eigenvalue weighted by Gasteiger charge is 2.21. The van der Waals surface area contributed by atoms with Gasteiger partial charge in [0.15, 0.2) is 0 Å². The number of hydrogen-bond acceptors (Lipinski definition) is 2. The summed E-state index contributed by atoms with van der Waals surface area (Å²) in [5, 5.41) is 6.29. The predicted octanol–water partition coefficient (Wildman–Crippen LogP) is 17.4. The second-order valence-corrected chi connectivity index (χ2v) is 16.3. The molecule has 3 heteroatoms. The average molecular weight is 834 g/mol. The van der Waals surface area contributed by atoms with E-state index < -0.39 is 0 Å². The van der Waals surface area contributed by atoms with Crippen LogP contribution in [-0.4, -0.2) is 4.57 Å². The summed E-state index contributed by atoms with van der Waals surface area (Å²) in [7, 11) is 0. The molecule has 0 unspecified atom stereocenters. The first-order chi connectivity index (χ1) is 33.9. The molecule has 0 N–H and O–H groups in total. The van der Waals surface area contributed by atoms with Crippen LogP contribution in [-0.2, 0) is 0 Å². The van der Waals surface area contributed by atoms with Gasteiger partial charge in [0.2, 0.25) is 0 Å². The van der Waals surface area contributed by atoms with E-state index >= 15 is 0 Å². The van der Waals surface area contributed by atoms with Crippen molar-refractivity contribution in [2.45, 2.75) is 0 Å². The summed E-state index contributed by atoms with van der Waals surface area (Å²) in [4.78, 5) is 4.17. The van der Waals surface area contributed by atoms with Crippen LogP contribution in [0.3, 0.4) is 0 Å². The van der Waals surface area contributed by atoms with Crippen molar-refractivity contribution >= 4 is 77.5 Å². The Balaban J connectivity index is 0.988. The fraction of sp³-hybridized carbons (Fsp3) is 0. The Morgan fingerprint density at radius 3 is 1.66 bits per heavy atom. The Morgan fingerprint density at radius 2 is 0.862 bits per heavy atom. The molecule has 65 heavy (non-hydrogen) atoms. The van der Waals surface area contributed by atoms with Crippen molar-refractivity contribution in [2.24, 2.45) is 0 Å². The summed E-state index contributed by atoms with van der Waals surface area (Å²) in [5.41, 5.74) is 11.1. The minimum atomic E-state index is -0.116. The Labute approximate surface area is 384 Å². The predicted molar refractivity (Wildman–Crippen MR) is 276 cm³/mol. The monoisotopic (exact) mass is 833 g/mol. The lowest BCUT2D eigenvalue weighted by Gasteiger charge is -2.28. The molecular formula is C62H43N3. The number of hydrogen-bond donors (Lipinski definition) is 0. The minimum Gasteiger partial charge on any atom is -0.310 e. The second-order valence-electron chi connectivity index (χ2n) is 16.3. The van der Waals surface area contributed by atoms with Gasteiger partial charge in [-0.2, -0.15) is 0 Å². The van der Waals surface area contributed by atoms with E-state index in [0.29, 0.717) is 5.56 Å². The smallest absolute Gasteiger partial charge is 0.0645 e. The number of aromatic nitrogens is 1. The SMILES string of the molecule is [2H]c1c([2H])c(N(c2ccccc2)c2ccc3ccccc3c2)c([2H])c([2H])c1-c1ccc2cc(N(c3ccc4c(c3)c3ccccc3n4-c3ccccc3)c3ccccc3-c3ccccc3)ccc2c1. The second kappa shape index (κ2) is 16.2. The normalized spacial score (nSPS) is 12.2. The average Bonchev–Trinajstić information content (AvgIpc) is 3.74. The molecule has 0 radical (unpaired) electrons. The van der Waals surface area contributed by atoms with E-state index in [1.165, 1.54) is 5.39 Å². The van der Waals surface area contributed by atoms with E-state index in [1.807, 2.05) is 102 Å². The van der Waals surface area contributed by atoms with Crippen LogP contribution >= 0.6 is 0 Å². The first-order valence-electron chi connectivity index (χ1n) is 23.9. The van der Waals surface area contributed by atoms with E-state index in [2.05, 4.69) is 149 Å². The fourth-order valence-corrected chi connectivity index (χ4v) is 9.30. The summed E-state index contributed by atoms with van der Waals surface area (Å²) in [6.45, 7) is 0. The van der Waals surface area contributed by atoms with E-state index in [0.717, 1.165) is 83.2 Å². The van der Waals surface area contributed by atoms with Crippen molar-refractivity contribution in [1.29, 1.82) is 0 Å². The lowest BCUT2D eigenvalue weighted by Crippen LogP contribution is -2.11. The maximum Gasteiger partial charge on any atom is 0.0645 e. The van der Waals surface area contributed by atoms with Crippen LogP contribution in [0.1, 0.15) is 5.48 Å². The molecular weight excluding hydrogens is 787 g/mol. The van der Waals surface area contributed by atoms with Gasteiger partial charge in [0.25, 0.3) is 0 Å². The molecule has 0 aliphatic carbocycles. The summed E-state index contributed by atoms with van der Waals surface area (Å²) < 4.78 is 40.3. The fourth-order valence-electron chi connectivity index (χ4n) is 9.30. The third-order valence-electron chi connectivity index (χ3n) is 12.4. The topological polar surface area (TPSA) is 11.4 Å². The van der Waals surface area contributed by atoms with Crippen molar-refractivity contribution in [3.05, 3.63) is 261 Å². The van der Waals surface area contributed by atoms with E-state index in [1.54, 1.807) is 0 Å². The lowest BCUT2D eigenvalue weighted by molar-refractivity contribution is 1.18. The summed E-state index contributed by atoms with van der Waals surface area (Å²) in [6, 6.07) is 80.5. The Morgan fingerprint density at radius 1 is 0.308 bits per heavy atom. The van der Waals surface area contributed by atoms with Crippen LogP contribution in [0.5, 0.6) is 0 Å². The first-order valence-corrected chi connectivity index (χ1v) is 21.9. The van der Waals surface area contributed by atoms with Crippen LogP contribution < -0.4 is 9.80 Å². The number of nitrogens with zero attached hydrogens (tertiary/aromatic N) is 3. The summed E-state index contributed by atoms with van der Waals surface area (Å²) >= 11 is 0. The van der Waals surface area contributed by atoms with Gasteiger partial charge in [0, 0.05) is 50.5 Å². The molecule has 12 rings (SSSR count). The Bertz CT molecular complexity index is 3880. The van der Waals surface area contributed by atoms with Gasteiger partial charge in [0.1, 0.15) is 0 Å². The quantitative estimate of drug-likeness (QED) is 0.144. The highest BCUT2D eigenvalue weighted by molar-refractivity contribution is 6.11. The Hall–Kier alpha value is -8.66. The molecule has 0 aliphatic heterocycles. The number of benzene rings is 11. The van der Waals surface area contributed by atoms with Crippen LogP contribution in [0.15, 0.2) is 261 Å². The van der Waals surface area contributed by atoms with Crippen molar-refractivity contribution in [2.75, 3.05) is 9.80 Å². The molecule has 0 aliphatic rings. The van der Waals surface area contributed by atoms with Crippen molar-refractivity contribution in [3.63, 3.8) is 0 Å². The molecule has 0 atom stereocenters. The van der Waals surface area contributed by atoms with Crippen molar-refractivity contribution < 1.29 is 5.48 Å². The van der Waals surface area contributed by atoms with Gasteiger partial charge < -0.3 is 14.4 Å². The molecule has 11 aromatic carbocycles. The van der Waals surface area contributed by atoms with Crippen molar-refractivity contribution in [1.82, 2.24) is 4.57 Å².